The zero-order valence-corrected chi connectivity index (χ0v) is 14.0. The molecule has 0 aliphatic rings. The third-order valence-electron chi connectivity index (χ3n) is 2.96. The summed E-state index contributed by atoms with van der Waals surface area (Å²) < 4.78 is 6.84. The average Bonchev–Trinajstić information content (AvgIpc) is 2.41. The van der Waals surface area contributed by atoms with E-state index in [2.05, 4.69) is 30.9 Å². The number of pyridine rings is 1. The molecule has 112 valence electrons. The van der Waals surface area contributed by atoms with Gasteiger partial charge in [0.25, 0.3) is 5.82 Å². The Hall–Kier alpha value is -1.57. The van der Waals surface area contributed by atoms with Crippen molar-refractivity contribution in [1.29, 1.82) is 0 Å². The van der Waals surface area contributed by atoms with E-state index in [0.29, 0.717) is 11.6 Å². The minimum absolute atomic E-state index is 0.189. The molecule has 2 aromatic heterocycles. The molecular formula is C14H18BrN4O2+. The highest BCUT2D eigenvalue weighted by atomic mass is 79.9. The topological polar surface area (TPSA) is 73.7 Å². The van der Waals surface area contributed by atoms with Crippen molar-refractivity contribution in [2.24, 2.45) is 0 Å². The Morgan fingerprint density at radius 3 is 2.67 bits per heavy atom. The first-order valence-electron chi connectivity index (χ1n) is 6.49. The maximum absolute atomic E-state index is 6.00. The Morgan fingerprint density at radius 2 is 2.00 bits per heavy atom. The summed E-state index contributed by atoms with van der Waals surface area (Å²) in [5.74, 6) is 2.03. The van der Waals surface area contributed by atoms with E-state index in [4.69, 9.17) is 9.57 Å². The first-order valence-corrected chi connectivity index (χ1v) is 7.29. The number of hydrogen-bond donors (Lipinski definition) is 1. The molecule has 0 amide bonds. The zero-order chi connectivity index (χ0) is 15.4. The van der Waals surface area contributed by atoms with Crippen molar-refractivity contribution in [1.82, 2.24) is 15.0 Å². The molecular weight excluding hydrogens is 336 g/mol. The van der Waals surface area contributed by atoms with Crippen molar-refractivity contribution in [3.63, 3.8) is 0 Å². The normalized spacial score (nSPS) is 12.2. The molecule has 0 bridgehead atoms. The first-order chi connectivity index (χ1) is 10.0. The van der Waals surface area contributed by atoms with Crippen LogP contribution >= 0.6 is 15.9 Å². The van der Waals surface area contributed by atoms with Crippen LogP contribution in [-0.4, -0.2) is 22.1 Å². The highest BCUT2D eigenvalue weighted by Gasteiger charge is 2.17. The van der Waals surface area contributed by atoms with Crippen LogP contribution in [-0.2, 0) is 4.84 Å². The molecule has 1 atom stereocenters. The number of aryl methyl sites for hydroxylation is 2. The standard InChI is InChI=1S/C14H17BrN4O2/c1-8-12(7-16-10(3)18-8)9(2)21-13-5-11(15)6-17-14(13)19-20-4/h5-7,9H,1-4H3,(H,17,19)/p+1. The molecule has 7 heteroatoms. The van der Waals surface area contributed by atoms with Gasteiger partial charge in [0.05, 0.1) is 7.11 Å². The van der Waals surface area contributed by atoms with Crippen LogP contribution in [0.2, 0.25) is 0 Å². The van der Waals surface area contributed by atoms with Crippen LogP contribution < -0.4 is 10.2 Å². The second-order valence-corrected chi connectivity index (χ2v) is 5.52. The van der Waals surface area contributed by atoms with Crippen LogP contribution in [0, 0.1) is 13.8 Å². The van der Waals surface area contributed by atoms with Gasteiger partial charge in [0.1, 0.15) is 11.9 Å². The summed E-state index contributed by atoms with van der Waals surface area (Å²) in [6, 6.07) is 1.86. The van der Waals surface area contributed by atoms with Crippen LogP contribution in [0.15, 0.2) is 22.9 Å². The quantitative estimate of drug-likeness (QED) is 0.833. The molecule has 6 nitrogen and oxygen atoms in total. The van der Waals surface area contributed by atoms with Gasteiger partial charge in [-0.3, -0.25) is 0 Å². The second kappa shape index (κ2) is 6.93. The summed E-state index contributed by atoms with van der Waals surface area (Å²) in [6.45, 7) is 5.77. The van der Waals surface area contributed by atoms with Gasteiger partial charge in [-0.1, -0.05) is 0 Å². The van der Waals surface area contributed by atoms with Gasteiger partial charge < -0.3 is 4.74 Å². The Balaban J connectivity index is 2.26. The number of hydrogen-bond acceptors (Lipinski definition) is 5. The zero-order valence-electron chi connectivity index (χ0n) is 12.4. The third kappa shape index (κ3) is 3.96. The number of ether oxygens (including phenoxy) is 1. The lowest BCUT2D eigenvalue weighted by molar-refractivity contribution is -0.832. The van der Waals surface area contributed by atoms with E-state index in [1.165, 1.54) is 0 Å². The van der Waals surface area contributed by atoms with E-state index in [-0.39, 0.29) is 6.10 Å². The molecule has 0 fully saturated rings. The monoisotopic (exact) mass is 353 g/mol. The first kappa shape index (κ1) is 15.8. The van der Waals surface area contributed by atoms with Gasteiger partial charge >= 0.3 is 0 Å². The van der Waals surface area contributed by atoms with Crippen molar-refractivity contribution in [2.45, 2.75) is 26.9 Å². The van der Waals surface area contributed by atoms with Crippen LogP contribution in [0.5, 0.6) is 5.75 Å². The van der Waals surface area contributed by atoms with Crippen molar-refractivity contribution in [3.8, 4) is 5.75 Å². The molecule has 2 rings (SSSR count). The highest BCUT2D eigenvalue weighted by molar-refractivity contribution is 9.10. The molecule has 0 saturated heterocycles. The third-order valence-corrected chi connectivity index (χ3v) is 3.39. The SMILES string of the molecule is CO[NH2+]c1ncc(Br)cc1OC(C)c1cnc(C)nc1C. The molecule has 2 N–H and O–H groups in total. The lowest BCUT2D eigenvalue weighted by atomic mass is 10.1. The van der Waals surface area contributed by atoms with Crippen LogP contribution in [0.1, 0.15) is 30.1 Å². The van der Waals surface area contributed by atoms with Gasteiger partial charge in [-0.05, 0) is 36.7 Å². The van der Waals surface area contributed by atoms with Gasteiger partial charge in [0, 0.05) is 34.2 Å². The minimum atomic E-state index is -0.189. The summed E-state index contributed by atoms with van der Waals surface area (Å²) in [7, 11) is 1.58. The minimum Gasteiger partial charge on any atom is -0.478 e. The predicted molar refractivity (Wildman–Crippen MR) is 81.1 cm³/mol. The number of nitrogens with zero attached hydrogens (tertiary/aromatic N) is 3. The number of quaternary nitrogens is 1. The largest absolute Gasteiger partial charge is 0.478 e. The van der Waals surface area contributed by atoms with Crippen LogP contribution in [0.25, 0.3) is 0 Å². The Labute approximate surface area is 132 Å². The molecule has 0 radical (unpaired) electrons. The van der Waals surface area contributed by atoms with Crippen molar-refractivity contribution in [3.05, 3.63) is 40.0 Å². The van der Waals surface area contributed by atoms with Crippen molar-refractivity contribution >= 4 is 21.7 Å². The fourth-order valence-corrected chi connectivity index (χ4v) is 2.28. The smallest absolute Gasteiger partial charge is 0.300 e. The number of nitrogens with two attached hydrogens (primary N) is 1. The van der Waals surface area contributed by atoms with Gasteiger partial charge in [-0.15, -0.1) is 0 Å². The molecule has 2 heterocycles. The number of aromatic nitrogens is 3. The van der Waals surface area contributed by atoms with E-state index in [0.717, 1.165) is 21.6 Å². The average molecular weight is 354 g/mol. The van der Waals surface area contributed by atoms with Crippen molar-refractivity contribution < 1.29 is 15.1 Å². The number of halogens is 1. The van der Waals surface area contributed by atoms with Gasteiger partial charge in [0.15, 0.2) is 0 Å². The van der Waals surface area contributed by atoms with E-state index < -0.39 is 0 Å². The fraction of sp³-hybridized carbons (Fsp3) is 0.357. The molecule has 0 aliphatic heterocycles. The molecule has 21 heavy (non-hydrogen) atoms. The maximum Gasteiger partial charge on any atom is 0.300 e. The van der Waals surface area contributed by atoms with Gasteiger partial charge in [-0.25, -0.2) is 14.8 Å². The fourth-order valence-electron chi connectivity index (χ4n) is 1.97. The van der Waals surface area contributed by atoms with E-state index >= 15 is 0 Å². The van der Waals surface area contributed by atoms with E-state index in [1.54, 1.807) is 25.0 Å². The maximum atomic E-state index is 6.00. The van der Waals surface area contributed by atoms with E-state index in [9.17, 15) is 0 Å². The Bertz CT molecular complexity index is 636. The van der Waals surface area contributed by atoms with Crippen molar-refractivity contribution in [2.75, 3.05) is 7.11 Å². The highest BCUT2D eigenvalue weighted by Crippen LogP contribution is 2.28. The summed E-state index contributed by atoms with van der Waals surface area (Å²) in [5, 5.41) is 0. The molecule has 0 saturated carbocycles. The number of rotatable bonds is 5. The van der Waals surface area contributed by atoms with Gasteiger partial charge in [0.2, 0.25) is 5.75 Å². The molecule has 0 aliphatic carbocycles. The lowest BCUT2D eigenvalue weighted by Gasteiger charge is -2.17. The Kier molecular flexibility index (Phi) is 5.22. The van der Waals surface area contributed by atoms with Crippen LogP contribution in [0.4, 0.5) is 5.82 Å². The molecule has 0 aromatic carbocycles. The molecule has 2 aromatic rings. The van der Waals surface area contributed by atoms with Crippen LogP contribution in [0.3, 0.4) is 0 Å². The lowest BCUT2D eigenvalue weighted by Crippen LogP contribution is -2.76. The van der Waals surface area contributed by atoms with E-state index in [1.807, 2.05) is 26.8 Å². The van der Waals surface area contributed by atoms with Gasteiger partial charge in [-0.2, -0.15) is 10.5 Å². The summed E-state index contributed by atoms with van der Waals surface area (Å²) in [4.78, 5) is 17.9. The predicted octanol–water partition coefficient (Wildman–Crippen LogP) is 2.15. The molecule has 0 spiro atoms. The summed E-state index contributed by atoms with van der Waals surface area (Å²) in [6.07, 6.45) is 3.31. The summed E-state index contributed by atoms with van der Waals surface area (Å²) in [5.41, 5.74) is 3.41. The summed E-state index contributed by atoms with van der Waals surface area (Å²) >= 11 is 3.40. The molecule has 1 unspecified atom stereocenters. The second-order valence-electron chi connectivity index (χ2n) is 4.61. The Morgan fingerprint density at radius 1 is 1.24 bits per heavy atom.